The first kappa shape index (κ1) is 20.1. The number of epoxide rings is 1. The second-order valence-electron chi connectivity index (χ2n) is 9.09. The number of rotatable bonds is 1. The van der Waals surface area contributed by atoms with Crippen molar-refractivity contribution in [2.75, 3.05) is 0 Å². The minimum absolute atomic E-state index is 0.0601. The van der Waals surface area contributed by atoms with Gasteiger partial charge in [0.1, 0.15) is 23.4 Å². The van der Waals surface area contributed by atoms with Crippen LogP contribution in [-0.4, -0.2) is 35.2 Å². The van der Waals surface area contributed by atoms with Gasteiger partial charge in [0.05, 0.1) is 5.76 Å². The van der Waals surface area contributed by atoms with Gasteiger partial charge in [-0.2, -0.15) is 0 Å². The molecule has 5 nitrogen and oxygen atoms in total. The highest BCUT2D eigenvalue weighted by Gasteiger charge is 2.58. The van der Waals surface area contributed by atoms with Crippen LogP contribution in [0.4, 0.5) is 0 Å². The number of hydrogen-bond donors (Lipinski definition) is 0. The molecule has 0 aromatic heterocycles. The molecule has 0 amide bonds. The van der Waals surface area contributed by atoms with Crippen LogP contribution in [0.15, 0.2) is 23.0 Å². The molecule has 150 valence electrons. The van der Waals surface area contributed by atoms with Crippen LogP contribution in [0.25, 0.3) is 0 Å². The molecule has 2 fully saturated rings. The summed E-state index contributed by atoms with van der Waals surface area (Å²) in [4.78, 5) is 24.8. The van der Waals surface area contributed by atoms with E-state index in [-0.39, 0.29) is 17.9 Å². The molecular weight excluding hydrogens is 344 g/mol. The van der Waals surface area contributed by atoms with E-state index in [2.05, 4.69) is 13.0 Å². The highest BCUT2D eigenvalue weighted by molar-refractivity contribution is 6.01. The van der Waals surface area contributed by atoms with Crippen LogP contribution in [0.3, 0.4) is 0 Å². The highest BCUT2D eigenvalue weighted by Crippen LogP contribution is 2.47. The zero-order valence-corrected chi connectivity index (χ0v) is 17.4. The Bertz CT molecular complexity index is 701. The summed E-state index contributed by atoms with van der Waals surface area (Å²) < 4.78 is 17.7. The third kappa shape index (κ3) is 4.29. The third-order valence-corrected chi connectivity index (χ3v) is 6.09. The topological polar surface area (TPSA) is 65.1 Å². The van der Waals surface area contributed by atoms with Gasteiger partial charge in [-0.25, -0.2) is 0 Å². The van der Waals surface area contributed by atoms with Gasteiger partial charge in [-0.15, -0.1) is 0 Å². The monoisotopic (exact) mass is 376 g/mol. The van der Waals surface area contributed by atoms with Crippen molar-refractivity contribution < 1.29 is 23.8 Å². The van der Waals surface area contributed by atoms with E-state index < -0.39 is 17.3 Å². The van der Waals surface area contributed by atoms with Gasteiger partial charge in [-0.3, -0.25) is 9.59 Å². The summed E-state index contributed by atoms with van der Waals surface area (Å²) in [6.07, 6.45) is 5.13. The standard InChI is InChI=1S/C22H32O5/c1-13(2)17-7-9-21(5,26-15(4)23)10-8-18-14(3)11-16(25-18)12-22(6)20(27-22)19(17)24/h8,14,16,20H,7,9-12H2,1-6H3/t14-,16+,20-,21+,22-/m0/s1. The fourth-order valence-corrected chi connectivity index (χ4v) is 4.44. The Hall–Kier alpha value is -1.62. The second-order valence-corrected chi connectivity index (χ2v) is 9.09. The lowest BCUT2D eigenvalue weighted by atomic mass is 9.86. The molecule has 0 aliphatic carbocycles. The molecule has 2 saturated heterocycles. The van der Waals surface area contributed by atoms with Crippen LogP contribution in [0.5, 0.6) is 0 Å². The first-order valence-electron chi connectivity index (χ1n) is 9.98. The molecule has 2 bridgehead atoms. The molecule has 0 saturated carbocycles. The Morgan fingerprint density at radius 3 is 2.59 bits per heavy atom. The smallest absolute Gasteiger partial charge is 0.303 e. The maximum Gasteiger partial charge on any atom is 0.303 e. The number of fused-ring (bicyclic) bond motifs is 3. The van der Waals surface area contributed by atoms with Gasteiger partial charge in [0.15, 0.2) is 5.78 Å². The number of carbonyl (C=O) groups is 2. The summed E-state index contributed by atoms with van der Waals surface area (Å²) in [5.41, 5.74) is 0.698. The summed E-state index contributed by atoms with van der Waals surface area (Å²) in [6.45, 7) is 11.5. The van der Waals surface area contributed by atoms with Crippen molar-refractivity contribution in [3.05, 3.63) is 23.0 Å². The molecule has 0 aromatic carbocycles. The molecule has 0 aromatic rings. The number of ketones is 1. The molecule has 5 atom stereocenters. The molecule has 5 heteroatoms. The van der Waals surface area contributed by atoms with Crippen LogP contribution >= 0.6 is 0 Å². The summed E-state index contributed by atoms with van der Waals surface area (Å²) in [5, 5.41) is 0. The Labute approximate surface area is 162 Å². The lowest BCUT2D eigenvalue weighted by Gasteiger charge is -2.29. The van der Waals surface area contributed by atoms with Crippen LogP contribution in [0.2, 0.25) is 0 Å². The number of ether oxygens (including phenoxy) is 3. The molecule has 0 radical (unpaired) electrons. The third-order valence-electron chi connectivity index (χ3n) is 6.09. The molecule has 3 heterocycles. The minimum Gasteiger partial charge on any atom is -0.495 e. The van der Waals surface area contributed by atoms with E-state index in [4.69, 9.17) is 14.2 Å². The second kappa shape index (κ2) is 7.08. The van der Waals surface area contributed by atoms with Gasteiger partial charge in [-0.05, 0) is 58.6 Å². The van der Waals surface area contributed by atoms with Gasteiger partial charge >= 0.3 is 5.97 Å². The minimum atomic E-state index is -0.664. The van der Waals surface area contributed by atoms with Crippen molar-refractivity contribution in [3.63, 3.8) is 0 Å². The van der Waals surface area contributed by atoms with Crippen molar-refractivity contribution in [1.82, 2.24) is 0 Å². The molecule has 3 aliphatic heterocycles. The Kier molecular flexibility index (Phi) is 5.28. The van der Waals surface area contributed by atoms with Gasteiger partial charge in [-0.1, -0.05) is 12.5 Å². The summed E-state index contributed by atoms with van der Waals surface area (Å²) >= 11 is 0. The predicted octanol–water partition coefficient (Wildman–Crippen LogP) is 4.25. The predicted molar refractivity (Wildman–Crippen MR) is 102 cm³/mol. The van der Waals surface area contributed by atoms with Gasteiger partial charge in [0.2, 0.25) is 0 Å². The van der Waals surface area contributed by atoms with Crippen molar-refractivity contribution in [1.29, 1.82) is 0 Å². The average Bonchev–Trinajstić information content (AvgIpc) is 3.07. The zero-order valence-electron chi connectivity index (χ0n) is 17.4. The van der Waals surface area contributed by atoms with Crippen molar-refractivity contribution >= 4 is 11.8 Å². The summed E-state index contributed by atoms with van der Waals surface area (Å²) in [7, 11) is 0. The van der Waals surface area contributed by atoms with Crippen molar-refractivity contribution in [2.24, 2.45) is 5.92 Å². The number of Topliss-reactive ketones (excluding diaryl/α,β-unsaturated/α-hetero) is 1. The zero-order chi connectivity index (χ0) is 20.0. The van der Waals surface area contributed by atoms with Crippen LogP contribution < -0.4 is 0 Å². The number of carbonyl (C=O) groups excluding carboxylic acids is 2. The molecule has 27 heavy (non-hydrogen) atoms. The van der Waals surface area contributed by atoms with Gasteiger partial charge in [0.25, 0.3) is 0 Å². The van der Waals surface area contributed by atoms with E-state index in [1.807, 2.05) is 27.7 Å². The van der Waals surface area contributed by atoms with Crippen LogP contribution in [0.1, 0.15) is 73.6 Å². The largest absolute Gasteiger partial charge is 0.495 e. The summed E-state index contributed by atoms with van der Waals surface area (Å²) in [6, 6.07) is 0. The Morgan fingerprint density at radius 1 is 1.26 bits per heavy atom. The van der Waals surface area contributed by atoms with E-state index in [1.54, 1.807) is 0 Å². The molecule has 0 N–H and O–H groups in total. The maximum absolute atomic E-state index is 13.1. The van der Waals surface area contributed by atoms with Gasteiger partial charge < -0.3 is 14.2 Å². The Balaban J connectivity index is 1.93. The first-order chi connectivity index (χ1) is 12.5. The van der Waals surface area contributed by atoms with E-state index in [1.165, 1.54) is 6.92 Å². The molecule has 3 rings (SSSR count). The molecular formula is C22H32O5. The van der Waals surface area contributed by atoms with Crippen molar-refractivity contribution in [2.45, 2.75) is 97.1 Å². The molecule has 0 unspecified atom stereocenters. The summed E-state index contributed by atoms with van der Waals surface area (Å²) in [5.74, 6) is 1.05. The average molecular weight is 376 g/mol. The van der Waals surface area contributed by atoms with Crippen LogP contribution in [-0.2, 0) is 23.8 Å². The van der Waals surface area contributed by atoms with E-state index in [0.717, 1.165) is 29.7 Å². The lowest BCUT2D eigenvalue weighted by Crippen LogP contribution is -2.31. The van der Waals surface area contributed by atoms with E-state index in [9.17, 15) is 9.59 Å². The maximum atomic E-state index is 13.1. The van der Waals surface area contributed by atoms with Gasteiger partial charge in [0, 0.05) is 25.7 Å². The number of hydrogen-bond acceptors (Lipinski definition) is 5. The lowest BCUT2D eigenvalue weighted by molar-refractivity contribution is -0.155. The fraction of sp³-hybridized carbons (Fsp3) is 0.727. The van der Waals surface area contributed by atoms with Crippen LogP contribution in [0, 0.1) is 5.92 Å². The SMILES string of the molecule is CC(=O)O[C@@]1(C)CC=C2O[C@H](C[C@@H]2C)C[C@]2(C)O[C@H]2C(=O)C(=C(C)C)CC1. The van der Waals surface area contributed by atoms with E-state index in [0.29, 0.717) is 25.2 Å². The highest BCUT2D eigenvalue weighted by atomic mass is 16.6. The molecule has 3 aliphatic rings. The normalized spacial score (nSPS) is 39.2. The quantitative estimate of drug-likeness (QED) is 0.389. The number of esters is 1. The Morgan fingerprint density at radius 2 is 1.96 bits per heavy atom. The first-order valence-corrected chi connectivity index (χ1v) is 9.98. The molecule has 0 spiro atoms. The van der Waals surface area contributed by atoms with E-state index >= 15 is 0 Å². The number of allylic oxidation sites excluding steroid dienone is 2. The van der Waals surface area contributed by atoms with Crippen molar-refractivity contribution in [3.8, 4) is 0 Å². The fourth-order valence-electron chi connectivity index (χ4n) is 4.44.